The molecule has 144 valence electrons. The van der Waals surface area contributed by atoms with Gasteiger partial charge in [-0.05, 0) is 25.8 Å². The van der Waals surface area contributed by atoms with Crippen molar-refractivity contribution in [2.75, 3.05) is 46.0 Å². The van der Waals surface area contributed by atoms with Gasteiger partial charge in [-0.15, -0.1) is 0 Å². The molecule has 0 aromatic carbocycles. The number of ether oxygens (including phenoxy) is 2. The number of hydrogen-bond acceptors (Lipinski definition) is 5. The van der Waals surface area contributed by atoms with Crippen LogP contribution in [0.2, 0.25) is 0 Å². The number of esters is 1. The van der Waals surface area contributed by atoms with Crippen molar-refractivity contribution in [1.29, 1.82) is 0 Å². The molecule has 1 amide bonds. The first-order valence-corrected chi connectivity index (χ1v) is 9.51. The molecule has 7 heteroatoms. The molecule has 2 fully saturated rings. The molecular weight excluding hydrogens is 334 g/mol. The molecule has 1 aromatic heterocycles. The van der Waals surface area contributed by atoms with Crippen LogP contribution in [-0.2, 0) is 27.7 Å². The lowest BCUT2D eigenvalue weighted by atomic mass is 10.0. The summed E-state index contributed by atoms with van der Waals surface area (Å²) in [5, 5.41) is 0. The fourth-order valence-electron chi connectivity index (χ4n) is 3.86. The molecule has 2 aliphatic rings. The SMILES string of the molecule is CCOC(=O)c1ccn(C)c1CC(=O)N1CCC(N2CCOCC2)CC1. The molecule has 0 N–H and O–H groups in total. The first-order valence-electron chi connectivity index (χ1n) is 9.51. The number of rotatable bonds is 5. The third kappa shape index (κ3) is 4.27. The third-order valence-electron chi connectivity index (χ3n) is 5.39. The molecule has 0 spiro atoms. The summed E-state index contributed by atoms with van der Waals surface area (Å²) in [7, 11) is 1.86. The van der Waals surface area contributed by atoms with Crippen molar-refractivity contribution < 1.29 is 19.1 Å². The van der Waals surface area contributed by atoms with Crippen LogP contribution < -0.4 is 0 Å². The highest BCUT2D eigenvalue weighted by atomic mass is 16.5. The lowest BCUT2D eigenvalue weighted by molar-refractivity contribution is -0.132. The topological polar surface area (TPSA) is 64.0 Å². The Labute approximate surface area is 154 Å². The lowest BCUT2D eigenvalue weighted by Gasteiger charge is -2.40. The normalized spacial score (nSPS) is 19.5. The molecule has 0 bridgehead atoms. The smallest absolute Gasteiger partial charge is 0.339 e. The van der Waals surface area contributed by atoms with Crippen LogP contribution >= 0.6 is 0 Å². The summed E-state index contributed by atoms with van der Waals surface area (Å²) in [6.45, 7) is 7.27. The van der Waals surface area contributed by atoms with Crippen LogP contribution in [0.15, 0.2) is 12.3 Å². The van der Waals surface area contributed by atoms with E-state index in [1.807, 2.05) is 16.5 Å². The molecule has 2 aliphatic heterocycles. The first-order chi connectivity index (χ1) is 12.6. The van der Waals surface area contributed by atoms with Gasteiger partial charge in [-0.2, -0.15) is 0 Å². The quantitative estimate of drug-likeness (QED) is 0.732. The summed E-state index contributed by atoms with van der Waals surface area (Å²) in [6, 6.07) is 2.28. The fourth-order valence-corrected chi connectivity index (χ4v) is 3.86. The lowest BCUT2D eigenvalue weighted by Crippen LogP contribution is -2.50. The molecule has 0 radical (unpaired) electrons. The van der Waals surface area contributed by atoms with E-state index in [1.165, 1.54) is 0 Å². The summed E-state index contributed by atoms with van der Waals surface area (Å²) in [6.07, 6.45) is 4.05. The number of carbonyl (C=O) groups is 2. The number of carbonyl (C=O) groups excluding carboxylic acids is 2. The Hall–Kier alpha value is -1.86. The maximum atomic E-state index is 12.8. The first kappa shape index (κ1) is 18.9. The van der Waals surface area contributed by atoms with Crippen LogP contribution in [0.5, 0.6) is 0 Å². The molecule has 0 aliphatic carbocycles. The second-order valence-electron chi connectivity index (χ2n) is 6.94. The van der Waals surface area contributed by atoms with Crippen molar-refractivity contribution in [1.82, 2.24) is 14.4 Å². The molecule has 3 heterocycles. The van der Waals surface area contributed by atoms with E-state index in [0.717, 1.165) is 57.9 Å². The minimum Gasteiger partial charge on any atom is -0.462 e. The van der Waals surface area contributed by atoms with E-state index in [2.05, 4.69) is 4.90 Å². The van der Waals surface area contributed by atoms with Crippen LogP contribution in [0.3, 0.4) is 0 Å². The van der Waals surface area contributed by atoms with E-state index in [9.17, 15) is 9.59 Å². The van der Waals surface area contributed by atoms with E-state index in [1.54, 1.807) is 19.2 Å². The molecule has 26 heavy (non-hydrogen) atoms. The van der Waals surface area contributed by atoms with E-state index in [-0.39, 0.29) is 18.3 Å². The van der Waals surface area contributed by atoms with Crippen LogP contribution in [0.25, 0.3) is 0 Å². The maximum absolute atomic E-state index is 12.8. The van der Waals surface area contributed by atoms with E-state index in [0.29, 0.717) is 18.2 Å². The molecule has 1 aromatic rings. The molecule has 0 unspecified atom stereocenters. The summed E-state index contributed by atoms with van der Waals surface area (Å²) in [5.74, 6) is -0.278. The van der Waals surface area contributed by atoms with Gasteiger partial charge in [0.15, 0.2) is 0 Å². The highest BCUT2D eigenvalue weighted by Crippen LogP contribution is 2.20. The van der Waals surface area contributed by atoms with Gasteiger partial charge in [0.2, 0.25) is 5.91 Å². The van der Waals surface area contributed by atoms with Crippen molar-refractivity contribution in [3.8, 4) is 0 Å². The Balaban J connectivity index is 1.56. The van der Waals surface area contributed by atoms with E-state index < -0.39 is 0 Å². The maximum Gasteiger partial charge on any atom is 0.339 e. The second kappa shape index (κ2) is 8.68. The summed E-state index contributed by atoms with van der Waals surface area (Å²) >= 11 is 0. The third-order valence-corrected chi connectivity index (χ3v) is 5.39. The zero-order valence-corrected chi connectivity index (χ0v) is 15.8. The second-order valence-corrected chi connectivity index (χ2v) is 6.94. The highest BCUT2D eigenvalue weighted by Gasteiger charge is 2.29. The Kier molecular flexibility index (Phi) is 6.32. The fraction of sp³-hybridized carbons (Fsp3) is 0.684. The van der Waals surface area contributed by atoms with Gasteiger partial charge in [-0.25, -0.2) is 4.79 Å². The van der Waals surface area contributed by atoms with Crippen LogP contribution in [-0.4, -0.2) is 78.3 Å². The molecule has 2 saturated heterocycles. The van der Waals surface area contributed by atoms with Gasteiger partial charge in [0, 0.05) is 51.2 Å². The minimum absolute atomic E-state index is 0.0813. The molecule has 3 rings (SSSR count). The molecule has 0 saturated carbocycles. The van der Waals surface area contributed by atoms with Crippen molar-refractivity contribution in [2.24, 2.45) is 7.05 Å². The Morgan fingerprint density at radius 3 is 2.54 bits per heavy atom. The largest absolute Gasteiger partial charge is 0.462 e. The minimum atomic E-state index is -0.359. The number of hydrogen-bond donors (Lipinski definition) is 0. The average Bonchev–Trinajstić information content (AvgIpc) is 3.03. The van der Waals surface area contributed by atoms with Gasteiger partial charge < -0.3 is 18.9 Å². The van der Waals surface area contributed by atoms with Crippen LogP contribution in [0.1, 0.15) is 35.8 Å². The van der Waals surface area contributed by atoms with Gasteiger partial charge in [-0.3, -0.25) is 9.69 Å². The summed E-state index contributed by atoms with van der Waals surface area (Å²) in [4.78, 5) is 29.3. The summed E-state index contributed by atoms with van der Waals surface area (Å²) < 4.78 is 12.4. The number of morpholine rings is 1. The Morgan fingerprint density at radius 1 is 1.19 bits per heavy atom. The van der Waals surface area contributed by atoms with E-state index in [4.69, 9.17) is 9.47 Å². The van der Waals surface area contributed by atoms with Gasteiger partial charge in [0.1, 0.15) is 0 Å². The highest BCUT2D eigenvalue weighted by molar-refractivity contribution is 5.92. The van der Waals surface area contributed by atoms with Crippen molar-refractivity contribution >= 4 is 11.9 Å². The van der Waals surface area contributed by atoms with Gasteiger partial charge in [-0.1, -0.05) is 0 Å². The van der Waals surface area contributed by atoms with Crippen LogP contribution in [0, 0.1) is 0 Å². The standard InChI is InChI=1S/C19H29N3O4/c1-3-26-19(24)16-6-7-20(2)17(16)14-18(23)22-8-4-15(5-9-22)21-10-12-25-13-11-21/h6-7,15H,3-5,8-14H2,1-2H3. The van der Waals surface area contributed by atoms with Crippen molar-refractivity contribution in [3.05, 3.63) is 23.5 Å². The van der Waals surface area contributed by atoms with Crippen molar-refractivity contribution in [2.45, 2.75) is 32.2 Å². The number of amides is 1. The van der Waals surface area contributed by atoms with Crippen LogP contribution in [0.4, 0.5) is 0 Å². The van der Waals surface area contributed by atoms with Gasteiger partial charge in [0.05, 0.1) is 31.8 Å². The average molecular weight is 363 g/mol. The predicted octanol–water partition coefficient (Wildman–Crippen LogP) is 1.07. The Morgan fingerprint density at radius 2 is 1.88 bits per heavy atom. The zero-order valence-electron chi connectivity index (χ0n) is 15.8. The summed E-state index contributed by atoms with van der Waals surface area (Å²) in [5.41, 5.74) is 1.22. The van der Waals surface area contributed by atoms with E-state index >= 15 is 0 Å². The number of piperidine rings is 1. The number of aromatic nitrogens is 1. The number of nitrogens with zero attached hydrogens (tertiary/aromatic N) is 3. The van der Waals surface area contributed by atoms with Crippen molar-refractivity contribution in [3.63, 3.8) is 0 Å². The van der Waals surface area contributed by atoms with Gasteiger partial charge >= 0.3 is 5.97 Å². The molecule has 7 nitrogen and oxygen atoms in total. The van der Waals surface area contributed by atoms with Gasteiger partial charge in [0.25, 0.3) is 0 Å². The zero-order chi connectivity index (χ0) is 18.5. The number of aryl methyl sites for hydroxylation is 1. The molecule has 0 atom stereocenters. The Bertz CT molecular complexity index is 629. The predicted molar refractivity (Wildman–Crippen MR) is 97.1 cm³/mol. The molecular formula is C19H29N3O4. The number of likely N-dealkylation sites (tertiary alicyclic amines) is 1. The monoisotopic (exact) mass is 363 g/mol.